The number of hydrogen-bond donors (Lipinski definition) is 1. The number of nitrogens with one attached hydrogen (secondary N) is 1. The first-order valence-electron chi connectivity index (χ1n) is 10.3. The van der Waals surface area contributed by atoms with E-state index in [4.69, 9.17) is 0 Å². The molecule has 0 spiro atoms. The summed E-state index contributed by atoms with van der Waals surface area (Å²) in [4.78, 5) is 67.5. The second-order valence-corrected chi connectivity index (χ2v) is 8.16. The Kier molecular flexibility index (Phi) is 4.16. The Balaban J connectivity index is 1.46. The van der Waals surface area contributed by atoms with Gasteiger partial charge in [0, 0.05) is 44.8 Å². The number of fused-ring (bicyclic) bond motifs is 3. The summed E-state index contributed by atoms with van der Waals surface area (Å²) < 4.78 is 0. The molecule has 1 unspecified atom stereocenters. The van der Waals surface area contributed by atoms with Crippen LogP contribution in [0, 0.1) is 0 Å². The third kappa shape index (κ3) is 2.57. The number of benzene rings is 1. The summed E-state index contributed by atoms with van der Waals surface area (Å²) in [6.45, 7) is 0.163. The molecular weight excluding hydrogens is 388 g/mol. The summed E-state index contributed by atoms with van der Waals surface area (Å²) in [5.41, 5.74) is -0.513. The van der Waals surface area contributed by atoms with Crippen LogP contribution in [0.25, 0.3) is 0 Å². The number of carbonyl (C=O) groups excluding carboxylic acids is 5. The molecule has 1 aromatic rings. The molecule has 156 valence electrons. The number of likely N-dealkylation sites (tertiary alicyclic amines) is 1. The van der Waals surface area contributed by atoms with Crippen LogP contribution in [0.15, 0.2) is 24.3 Å². The van der Waals surface area contributed by atoms with E-state index in [1.165, 1.54) is 4.90 Å². The standard InChI is InChI=1S/C21H22N4O5/c26-16-7-8-17(27)23(16)12-11-22-20(30)21-10-9-18(28)25(21)15-4-2-1-3-14(15)19(29)24(21)13-5-6-13/h1-4,13H,5-12H2,(H,22,30). The van der Waals surface area contributed by atoms with Crippen LogP contribution >= 0.6 is 0 Å². The van der Waals surface area contributed by atoms with Crippen LogP contribution < -0.4 is 10.2 Å². The molecule has 3 fully saturated rings. The van der Waals surface area contributed by atoms with E-state index in [-0.39, 0.29) is 68.4 Å². The number of carbonyl (C=O) groups is 5. The average Bonchev–Trinajstić information content (AvgIpc) is 3.44. The maximum absolute atomic E-state index is 13.5. The minimum atomic E-state index is -1.40. The summed E-state index contributed by atoms with van der Waals surface area (Å²) in [5, 5.41) is 2.79. The highest BCUT2D eigenvalue weighted by atomic mass is 16.2. The third-order valence-electron chi connectivity index (χ3n) is 6.35. The fraction of sp³-hybridized carbons (Fsp3) is 0.476. The van der Waals surface area contributed by atoms with Gasteiger partial charge in [-0.05, 0) is 25.0 Å². The molecule has 4 aliphatic rings. The maximum Gasteiger partial charge on any atom is 0.267 e. The van der Waals surface area contributed by atoms with Gasteiger partial charge in [-0.25, -0.2) is 0 Å². The average molecular weight is 410 g/mol. The van der Waals surface area contributed by atoms with Gasteiger partial charge in [0.2, 0.25) is 23.4 Å². The molecule has 0 bridgehead atoms. The largest absolute Gasteiger partial charge is 0.351 e. The highest BCUT2D eigenvalue weighted by Gasteiger charge is 2.63. The summed E-state index contributed by atoms with van der Waals surface area (Å²) in [5.74, 6) is -1.36. The lowest BCUT2D eigenvalue weighted by molar-refractivity contribution is -0.139. The van der Waals surface area contributed by atoms with Crippen molar-refractivity contribution in [3.8, 4) is 0 Å². The van der Waals surface area contributed by atoms with Gasteiger partial charge in [0.1, 0.15) is 0 Å². The summed E-state index contributed by atoms with van der Waals surface area (Å²) >= 11 is 0. The summed E-state index contributed by atoms with van der Waals surface area (Å²) in [7, 11) is 0. The van der Waals surface area contributed by atoms with Gasteiger partial charge in [0.05, 0.1) is 11.3 Å². The van der Waals surface area contributed by atoms with Gasteiger partial charge in [0.15, 0.2) is 0 Å². The van der Waals surface area contributed by atoms with Gasteiger partial charge in [-0.15, -0.1) is 0 Å². The molecule has 3 aliphatic heterocycles. The van der Waals surface area contributed by atoms with Crippen molar-refractivity contribution >= 4 is 35.2 Å². The Bertz CT molecular complexity index is 971. The predicted octanol–water partition coefficient (Wildman–Crippen LogP) is 0.393. The summed E-state index contributed by atoms with van der Waals surface area (Å²) in [6.07, 6.45) is 2.36. The van der Waals surface area contributed by atoms with Crippen LogP contribution in [0.1, 0.15) is 48.9 Å². The van der Waals surface area contributed by atoms with Crippen LogP contribution in [0.3, 0.4) is 0 Å². The molecule has 1 N–H and O–H groups in total. The van der Waals surface area contributed by atoms with E-state index in [0.717, 1.165) is 17.7 Å². The third-order valence-corrected chi connectivity index (χ3v) is 6.35. The molecule has 1 aromatic carbocycles. The van der Waals surface area contributed by atoms with Gasteiger partial charge in [-0.3, -0.25) is 33.8 Å². The van der Waals surface area contributed by atoms with Gasteiger partial charge < -0.3 is 10.2 Å². The Morgan fingerprint density at radius 3 is 2.40 bits per heavy atom. The van der Waals surface area contributed by atoms with Gasteiger partial charge >= 0.3 is 0 Å². The Morgan fingerprint density at radius 1 is 1.00 bits per heavy atom. The Morgan fingerprint density at radius 2 is 1.70 bits per heavy atom. The normalized spacial score (nSPS) is 25.7. The van der Waals surface area contributed by atoms with E-state index in [1.807, 2.05) is 0 Å². The SMILES string of the molecule is O=C1CCC(=O)N1CCNC(=O)C12CCC(=O)N1c1ccccc1C(=O)N2C1CC1. The quantitative estimate of drug-likeness (QED) is 0.707. The number of imide groups is 1. The van der Waals surface area contributed by atoms with Gasteiger partial charge in [0.25, 0.3) is 11.8 Å². The lowest BCUT2D eigenvalue weighted by Crippen LogP contribution is -2.71. The van der Waals surface area contributed by atoms with Crippen LogP contribution in [-0.4, -0.2) is 64.1 Å². The lowest BCUT2D eigenvalue weighted by atomic mass is 9.95. The highest BCUT2D eigenvalue weighted by Crippen LogP contribution is 2.48. The van der Waals surface area contributed by atoms with E-state index in [0.29, 0.717) is 11.3 Å². The van der Waals surface area contributed by atoms with Crippen molar-refractivity contribution in [3.05, 3.63) is 29.8 Å². The fourth-order valence-electron chi connectivity index (χ4n) is 4.84. The topological polar surface area (TPSA) is 107 Å². The molecule has 0 radical (unpaired) electrons. The molecule has 3 heterocycles. The Labute approximate surface area is 173 Å². The van der Waals surface area contributed by atoms with Crippen molar-refractivity contribution in [3.63, 3.8) is 0 Å². The van der Waals surface area contributed by atoms with Crippen molar-refractivity contribution in [1.82, 2.24) is 15.1 Å². The number of para-hydroxylation sites is 1. The second-order valence-electron chi connectivity index (χ2n) is 8.16. The molecule has 9 heteroatoms. The number of amides is 5. The number of anilines is 1. The number of nitrogens with zero attached hydrogens (tertiary/aromatic N) is 3. The van der Waals surface area contributed by atoms with Crippen molar-refractivity contribution in [2.75, 3.05) is 18.0 Å². The molecule has 30 heavy (non-hydrogen) atoms. The molecule has 9 nitrogen and oxygen atoms in total. The van der Waals surface area contributed by atoms with Crippen LogP contribution in [-0.2, 0) is 19.2 Å². The maximum atomic E-state index is 13.5. The van der Waals surface area contributed by atoms with E-state index in [1.54, 1.807) is 29.2 Å². The van der Waals surface area contributed by atoms with Crippen molar-refractivity contribution in [1.29, 1.82) is 0 Å². The molecule has 0 aromatic heterocycles. The van der Waals surface area contributed by atoms with E-state index in [9.17, 15) is 24.0 Å². The summed E-state index contributed by atoms with van der Waals surface area (Å²) in [6, 6.07) is 6.80. The van der Waals surface area contributed by atoms with Crippen molar-refractivity contribution < 1.29 is 24.0 Å². The monoisotopic (exact) mass is 410 g/mol. The zero-order chi connectivity index (χ0) is 21.0. The highest BCUT2D eigenvalue weighted by molar-refractivity contribution is 6.16. The molecule has 5 amide bonds. The Hall–Kier alpha value is -3.23. The minimum Gasteiger partial charge on any atom is -0.351 e. The van der Waals surface area contributed by atoms with E-state index < -0.39 is 11.6 Å². The van der Waals surface area contributed by atoms with Gasteiger partial charge in [-0.1, -0.05) is 12.1 Å². The zero-order valence-corrected chi connectivity index (χ0v) is 16.4. The molecule has 1 atom stereocenters. The first-order valence-corrected chi connectivity index (χ1v) is 10.3. The molecular formula is C21H22N4O5. The van der Waals surface area contributed by atoms with Gasteiger partial charge in [-0.2, -0.15) is 0 Å². The first-order chi connectivity index (χ1) is 14.4. The van der Waals surface area contributed by atoms with Crippen LogP contribution in [0.4, 0.5) is 5.69 Å². The van der Waals surface area contributed by atoms with Crippen molar-refractivity contribution in [2.24, 2.45) is 0 Å². The smallest absolute Gasteiger partial charge is 0.267 e. The molecule has 5 rings (SSSR count). The zero-order valence-electron chi connectivity index (χ0n) is 16.4. The van der Waals surface area contributed by atoms with E-state index in [2.05, 4.69) is 5.32 Å². The number of hydrogen-bond acceptors (Lipinski definition) is 5. The molecule has 1 aliphatic carbocycles. The first kappa shape index (κ1) is 18.8. The van der Waals surface area contributed by atoms with E-state index >= 15 is 0 Å². The minimum absolute atomic E-state index is 0.0771. The van der Waals surface area contributed by atoms with Crippen molar-refractivity contribution in [2.45, 2.75) is 50.2 Å². The molecule has 1 saturated carbocycles. The predicted molar refractivity (Wildman–Crippen MR) is 104 cm³/mol. The molecule has 2 saturated heterocycles. The van der Waals surface area contributed by atoms with Crippen LogP contribution in [0.2, 0.25) is 0 Å². The fourth-order valence-corrected chi connectivity index (χ4v) is 4.84. The van der Waals surface area contributed by atoms with Crippen LogP contribution in [0.5, 0.6) is 0 Å². The second kappa shape index (κ2) is 6.65. The number of rotatable bonds is 5. The lowest BCUT2D eigenvalue weighted by Gasteiger charge is -2.49.